The van der Waals surface area contributed by atoms with Gasteiger partial charge in [0, 0.05) is 19.3 Å². The zero-order valence-corrected chi connectivity index (χ0v) is 12.7. The molecule has 0 saturated heterocycles. The molecule has 1 aromatic carbocycles. The van der Waals surface area contributed by atoms with Crippen LogP contribution in [0.3, 0.4) is 0 Å². The number of aliphatic hydroxyl groups is 2. The number of carbonyl (C=O) groups is 2. The molecule has 0 aliphatic heterocycles. The standard InChI is InChI=1S/C13H18ClN3O5/c1-22-7-12(20)16-8-2-3-10(14)11(4-8)17-13(21)15-5-9(19)6-18/h2-4,9,18-19H,5-7H2,1H3,(H,16,20)(H2,15,17,21)/t9-/m0/s1. The molecule has 1 aromatic rings. The van der Waals surface area contributed by atoms with Gasteiger partial charge in [-0.3, -0.25) is 4.79 Å². The first-order valence-corrected chi connectivity index (χ1v) is 6.76. The molecular weight excluding hydrogens is 314 g/mol. The van der Waals surface area contributed by atoms with E-state index in [-0.39, 0.29) is 29.8 Å². The highest BCUT2D eigenvalue weighted by Crippen LogP contribution is 2.25. The van der Waals surface area contributed by atoms with E-state index in [4.69, 9.17) is 26.6 Å². The molecule has 1 rings (SSSR count). The van der Waals surface area contributed by atoms with Gasteiger partial charge in [-0.2, -0.15) is 0 Å². The minimum atomic E-state index is -1.04. The fourth-order valence-corrected chi connectivity index (χ4v) is 1.63. The van der Waals surface area contributed by atoms with Gasteiger partial charge in [0.25, 0.3) is 0 Å². The van der Waals surface area contributed by atoms with Gasteiger partial charge < -0.3 is 30.9 Å². The van der Waals surface area contributed by atoms with Crippen LogP contribution in [-0.2, 0) is 9.53 Å². The molecule has 5 N–H and O–H groups in total. The summed E-state index contributed by atoms with van der Waals surface area (Å²) in [5.74, 6) is -0.341. The number of methoxy groups -OCH3 is 1. The second kappa shape index (κ2) is 9.21. The Morgan fingerprint density at radius 1 is 1.36 bits per heavy atom. The SMILES string of the molecule is COCC(=O)Nc1ccc(Cl)c(NC(=O)NC[C@H](O)CO)c1. The van der Waals surface area contributed by atoms with Crippen LogP contribution in [0.1, 0.15) is 0 Å². The molecule has 22 heavy (non-hydrogen) atoms. The van der Waals surface area contributed by atoms with Gasteiger partial charge in [0.15, 0.2) is 0 Å². The van der Waals surface area contributed by atoms with Gasteiger partial charge in [-0.05, 0) is 18.2 Å². The minimum Gasteiger partial charge on any atom is -0.394 e. The van der Waals surface area contributed by atoms with Gasteiger partial charge in [0.05, 0.1) is 23.4 Å². The molecule has 0 radical (unpaired) electrons. The third-order valence-corrected chi connectivity index (χ3v) is 2.81. The smallest absolute Gasteiger partial charge is 0.319 e. The van der Waals surface area contributed by atoms with Gasteiger partial charge >= 0.3 is 6.03 Å². The lowest BCUT2D eigenvalue weighted by atomic mass is 10.2. The summed E-state index contributed by atoms with van der Waals surface area (Å²) in [7, 11) is 1.40. The van der Waals surface area contributed by atoms with Crippen LogP contribution in [0.25, 0.3) is 0 Å². The third kappa shape index (κ3) is 6.27. The topological polar surface area (TPSA) is 120 Å². The fraction of sp³-hybridized carbons (Fsp3) is 0.385. The molecule has 0 heterocycles. The molecule has 0 unspecified atom stereocenters. The molecule has 0 spiro atoms. The Hall–Kier alpha value is -1.87. The number of rotatable bonds is 7. The maximum Gasteiger partial charge on any atom is 0.319 e. The van der Waals surface area contributed by atoms with Gasteiger partial charge in [0.2, 0.25) is 5.91 Å². The predicted octanol–water partition coefficient (Wildman–Crippen LogP) is 0.400. The summed E-state index contributed by atoms with van der Waals surface area (Å²) in [6, 6.07) is 3.98. The Morgan fingerprint density at radius 3 is 2.73 bits per heavy atom. The lowest BCUT2D eigenvalue weighted by Gasteiger charge is -2.12. The van der Waals surface area contributed by atoms with Crippen LogP contribution in [0.5, 0.6) is 0 Å². The highest BCUT2D eigenvalue weighted by atomic mass is 35.5. The highest BCUT2D eigenvalue weighted by molar-refractivity contribution is 6.33. The number of hydrogen-bond donors (Lipinski definition) is 5. The Balaban J connectivity index is 2.65. The monoisotopic (exact) mass is 331 g/mol. The van der Waals surface area contributed by atoms with E-state index < -0.39 is 18.7 Å². The second-order valence-corrected chi connectivity index (χ2v) is 4.75. The van der Waals surface area contributed by atoms with Gasteiger partial charge in [-0.1, -0.05) is 11.6 Å². The van der Waals surface area contributed by atoms with E-state index in [0.717, 1.165) is 0 Å². The van der Waals surface area contributed by atoms with Crippen molar-refractivity contribution in [3.8, 4) is 0 Å². The molecule has 9 heteroatoms. The fourth-order valence-electron chi connectivity index (χ4n) is 1.47. The Labute approximate surface area is 132 Å². The van der Waals surface area contributed by atoms with Crippen molar-refractivity contribution < 1.29 is 24.5 Å². The number of amides is 3. The molecule has 3 amide bonds. The van der Waals surface area contributed by atoms with Gasteiger partial charge in [0.1, 0.15) is 6.61 Å². The zero-order chi connectivity index (χ0) is 16.5. The average molecular weight is 332 g/mol. The predicted molar refractivity (Wildman–Crippen MR) is 82.1 cm³/mol. The maximum atomic E-state index is 11.6. The van der Waals surface area contributed by atoms with Crippen LogP contribution < -0.4 is 16.0 Å². The Morgan fingerprint density at radius 2 is 2.09 bits per heavy atom. The number of benzene rings is 1. The van der Waals surface area contributed by atoms with Crippen molar-refractivity contribution in [2.75, 3.05) is 37.5 Å². The van der Waals surface area contributed by atoms with Crippen LogP contribution in [0.4, 0.5) is 16.2 Å². The number of halogens is 1. The number of aliphatic hydroxyl groups excluding tert-OH is 2. The van der Waals surface area contributed by atoms with Crippen LogP contribution in [0, 0.1) is 0 Å². The van der Waals surface area contributed by atoms with Crippen LogP contribution in [0.2, 0.25) is 5.02 Å². The van der Waals surface area contributed by atoms with Crippen molar-refractivity contribution in [2.24, 2.45) is 0 Å². The maximum absolute atomic E-state index is 11.6. The molecular formula is C13H18ClN3O5. The molecule has 1 atom stereocenters. The van der Waals surface area contributed by atoms with E-state index >= 15 is 0 Å². The number of nitrogens with one attached hydrogen (secondary N) is 3. The largest absolute Gasteiger partial charge is 0.394 e. The summed E-state index contributed by atoms with van der Waals surface area (Å²) >= 11 is 5.96. The van der Waals surface area contributed by atoms with Crippen molar-refractivity contribution >= 4 is 34.9 Å². The lowest BCUT2D eigenvalue weighted by Crippen LogP contribution is -2.36. The van der Waals surface area contributed by atoms with E-state index in [1.807, 2.05) is 0 Å². The molecule has 0 fully saturated rings. The third-order valence-electron chi connectivity index (χ3n) is 2.48. The molecule has 0 bridgehead atoms. The number of urea groups is 1. The average Bonchev–Trinajstić information content (AvgIpc) is 2.48. The van der Waals surface area contributed by atoms with Crippen molar-refractivity contribution in [1.29, 1.82) is 0 Å². The first-order valence-electron chi connectivity index (χ1n) is 6.38. The van der Waals surface area contributed by atoms with Crippen molar-refractivity contribution in [2.45, 2.75) is 6.10 Å². The quantitative estimate of drug-likeness (QED) is 0.495. The van der Waals surface area contributed by atoms with E-state index in [1.54, 1.807) is 6.07 Å². The van der Waals surface area contributed by atoms with E-state index in [1.165, 1.54) is 19.2 Å². The summed E-state index contributed by atoms with van der Waals surface area (Å²) in [5, 5.41) is 25.5. The molecule has 0 aliphatic rings. The second-order valence-electron chi connectivity index (χ2n) is 4.35. The molecule has 8 nitrogen and oxygen atoms in total. The van der Waals surface area contributed by atoms with Crippen LogP contribution in [0.15, 0.2) is 18.2 Å². The van der Waals surface area contributed by atoms with Crippen molar-refractivity contribution in [1.82, 2.24) is 5.32 Å². The van der Waals surface area contributed by atoms with E-state index in [9.17, 15) is 9.59 Å². The van der Waals surface area contributed by atoms with Crippen LogP contribution >= 0.6 is 11.6 Å². The number of hydrogen-bond acceptors (Lipinski definition) is 5. The van der Waals surface area contributed by atoms with Gasteiger partial charge in [-0.15, -0.1) is 0 Å². The zero-order valence-electron chi connectivity index (χ0n) is 11.9. The van der Waals surface area contributed by atoms with Crippen LogP contribution in [-0.4, -0.2) is 55.1 Å². The van der Waals surface area contributed by atoms with E-state index in [2.05, 4.69) is 16.0 Å². The van der Waals surface area contributed by atoms with E-state index in [0.29, 0.717) is 5.69 Å². The number of carbonyl (C=O) groups excluding carboxylic acids is 2. The summed E-state index contributed by atoms with van der Waals surface area (Å²) in [4.78, 5) is 23.1. The summed E-state index contributed by atoms with van der Waals surface area (Å²) in [6.45, 7) is -0.656. The Kier molecular flexibility index (Phi) is 7.61. The molecule has 0 aromatic heterocycles. The normalized spacial score (nSPS) is 11.6. The summed E-state index contributed by atoms with van der Waals surface area (Å²) in [5.41, 5.74) is 0.727. The molecule has 0 aliphatic carbocycles. The van der Waals surface area contributed by atoms with Crippen molar-refractivity contribution in [3.63, 3.8) is 0 Å². The highest BCUT2D eigenvalue weighted by Gasteiger charge is 2.10. The first-order chi connectivity index (χ1) is 10.5. The Bertz CT molecular complexity index is 526. The molecule has 122 valence electrons. The lowest BCUT2D eigenvalue weighted by molar-refractivity contribution is -0.119. The summed E-state index contributed by atoms with van der Waals surface area (Å²) < 4.78 is 4.70. The number of ether oxygens (including phenoxy) is 1. The first kappa shape index (κ1) is 18.2. The minimum absolute atomic E-state index is 0.0923. The van der Waals surface area contributed by atoms with Crippen molar-refractivity contribution in [3.05, 3.63) is 23.2 Å². The number of anilines is 2. The summed E-state index contributed by atoms with van der Waals surface area (Å²) in [6.07, 6.45) is -1.04. The van der Waals surface area contributed by atoms with Gasteiger partial charge in [-0.25, -0.2) is 4.79 Å². The molecule has 0 saturated carbocycles.